The van der Waals surface area contributed by atoms with Crippen molar-refractivity contribution in [3.8, 4) is 0 Å². The van der Waals surface area contributed by atoms with E-state index in [4.69, 9.17) is 14.2 Å². The van der Waals surface area contributed by atoms with Crippen LogP contribution in [0.4, 0.5) is 0 Å². The van der Waals surface area contributed by atoms with Crippen LogP contribution in [0.2, 0.25) is 0 Å². The Labute approximate surface area is 487 Å². The highest BCUT2D eigenvalue weighted by atomic mass is 16.6. The molecular formula is C73H118O6. The lowest BCUT2D eigenvalue weighted by Gasteiger charge is -2.18. The summed E-state index contributed by atoms with van der Waals surface area (Å²) in [7, 11) is 0. The van der Waals surface area contributed by atoms with Gasteiger partial charge < -0.3 is 14.2 Å². The van der Waals surface area contributed by atoms with Crippen molar-refractivity contribution in [2.24, 2.45) is 0 Å². The fourth-order valence-electron chi connectivity index (χ4n) is 8.46. The second kappa shape index (κ2) is 65.8. The van der Waals surface area contributed by atoms with Gasteiger partial charge in [-0.15, -0.1) is 0 Å². The summed E-state index contributed by atoms with van der Waals surface area (Å²) < 4.78 is 16.9. The Hall–Kier alpha value is -4.71. The summed E-state index contributed by atoms with van der Waals surface area (Å²) in [4.78, 5) is 38.3. The van der Waals surface area contributed by atoms with Crippen LogP contribution in [0.25, 0.3) is 0 Å². The Morgan fingerprint density at radius 3 is 0.823 bits per heavy atom. The maximum atomic E-state index is 12.9. The minimum atomic E-state index is -0.806. The molecule has 0 bridgehead atoms. The molecule has 0 saturated carbocycles. The van der Waals surface area contributed by atoms with Gasteiger partial charge in [0, 0.05) is 19.3 Å². The molecule has 0 aliphatic rings. The molecule has 79 heavy (non-hydrogen) atoms. The van der Waals surface area contributed by atoms with Crippen molar-refractivity contribution in [3.05, 3.63) is 146 Å². The number of hydrogen-bond acceptors (Lipinski definition) is 6. The summed E-state index contributed by atoms with van der Waals surface area (Å²) in [5.41, 5.74) is 0. The first-order valence-electron chi connectivity index (χ1n) is 32.3. The van der Waals surface area contributed by atoms with E-state index in [1.165, 1.54) is 89.9 Å². The summed E-state index contributed by atoms with van der Waals surface area (Å²) in [6, 6.07) is 0. The Morgan fingerprint density at radius 1 is 0.266 bits per heavy atom. The summed E-state index contributed by atoms with van der Waals surface area (Å²) >= 11 is 0. The maximum absolute atomic E-state index is 12.9. The van der Waals surface area contributed by atoms with E-state index in [1.807, 2.05) is 0 Å². The molecule has 0 amide bonds. The van der Waals surface area contributed by atoms with Crippen molar-refractivity contribution in [2.75, 3.05) is 13.2 Å². The van der Waals surface area contributed by atoms with E-state index in [2.05, 4.69) is 167 Å². The molecule has 0 heterocycles. The van der Waals surface area contributed by atoms with Gasteiger partial charge >= 0.3 is 17.9 Å². The second-order valence-corrected chi connectivity index (χ2v) is 20.9. The van der Waals surface area contributed by atoms with Gasteiger partial charge in [0.1, 0.15) is 13.2 Å². The molecule has 0 aliphatic carbocycles. The van der Waals surface area contributed by atoms with E-state index in [-0.39, 0.29) is 31.1 Å². The zero-order valence-electron chi connectivity index (χ0n) is 51.1. The van der Waals surface area contributed by atoms with Crippen LogP contribution < -0.4 is 0 Å². The molecule has 6 heteroatoms. The lowest BCUT2D eigenvalue weighted by molar-refractivity contribution is -0.167. The normalized spacial score (nSPS) is 13.1. The molecule has 0 saturated heterocycles. The summed E-state index contributed by atoms with van der Waals surface area (Å²) in [6.07, 6.45) is 94.2. The molecule has 1 unspecified atom stereocenters. The molecule has 0 fully saturated rings. The second-order valence-electron chi connectivity index (χ2n) is 20.9. The van der Waals surface area contributed by atoms with Gasteiger partial charge in [0.2, 0.25) is 0 Å². The highest BCUT2D eigenvalue weighted by Crippen LogP contribution is 2.14. The Bertz CT molecular complexity index is 1730. The van der Waals surface area contributed by atoms with Crippen LogP contribution in [-0.4, -0.2) is 37.2 Å². The van der Waals surface area contributed by atoms with Crippen LogP contribution in [0.15, 0.2) is 146 Å². The number of unbranched alkanes of at least 4 members (excludes halogenated alkanes) is 22. The SMILES string of the molecule is CC/C=C\C/C=C\C/C=C\C/C=C\C/C=C\C/C=C\C/C=C\C/C=C\C/C=C\CCCCCC(=O)OCC(COC(=O)CCCCCCC/C=C\CCCCCC)OC(=O)CCCCCCCCC/C=C\C/C=C\CCCCC. The van der Waals surface area contributed by atoms with Crippen molar-refractivity contribution < 1.29 is 28.6 Å². The molecule has 0 aromatic rings. The average molecular weight is 1090 g/mol. The fraction of sp³-hybridized carbons (Fsp3) is 0.630. The van der Waals surface area contributed by atoms with Crippen LogP contribution in [0, 0.1) is 0 Å². The van der Waals surface area contributed by atoms with Crippen LogP contribution in [0.1, 0.15) is 278 Å². The van der Waals surface area contributed by atoms with E-state index >= 15 is 0 Å². The highest BCUT2D eigenvalue weighted by molar-refractivity contribution is 5.71. The fourth-order valence-corrected chi connectivity index (χ4v) is 8.46. The third-order valence-corrected chi connectivity index (χ3v) is 13.3. The minimum Gasteiger partial charge on any atom is -0.462 e. The molecule has 0 spiro atoms. The number of allylic oxidation sites excluding steroid dienone is 24. The van der Waals surface area contributed by atoms with Gasteiger partial charge in [0.05, 0.1) is 0 Å². The Kier molecular flexibility index (Phi) is 61.9. The quantitative estimate of drug-likeness (QED) is 0.0261. The van der Waals surface area contributed by atoms with Crippen LogP contribution >= 0.6 is 0 Å². The zero-order valence-corrected chi connectivity index (χ0v) is 51.1. The molecule has 0 aromatic carbocycles. The van der Waals surface area contributed by atoms with Gasteiger partial charge in [-0.25, -0.2) is 0 Å². The Balaban J connectivity index is 4.41. The first-order chi connectivity index (χ1) is 39.0. The number of carbonyl (C=O) groups excluding carboxylic acids is 3. The van der Waals surface area contributed by atoms with E-state index < -0.39 is 6.10 Å². The van der Waals surface area contributed by atoms with Crippen molar-refractivity contribution in [1.82, 2.24) is 0 Å². The van der Waals surface area contributed by atoms with Crippen LogP contribution in [0.5, 0.6) is 0 Å². The Morgan fingerprint density at radius 2 is 0.494 bits per heavy atom. The number of rotatable bonds is 57. The van der Waals surface area contributed by atoms with E-state index in [9.17, 15) is 14.4 Å². The van der Waals surface area contributed by atoms with E-state index in [1.54, 1.807) is 0 Å². The average Bonchev–Trinajstić information content (AvgIpc) is 3.45. The number of carbonyl (C=O) groups is 3. The van der Waals surface area contributed by atoms with Crippen LogP contribution in [-0.2, 0) is 28.6 Å². The summed E-state index contributed by atoms with van der Waals surface area (Å²) in [5, 5.41) is 0. The molecule has 0 rings (SSSR count). The molecule has 6 nitrogen and oxygen atoms in total. The van der Waals surface area contributed by atoms with E-state index in [0.717, 1.165) is 148 Å². The molecule has 446 valence electrons. The van der Waals surface area contributed by atoms with Gasteiger partial charge in [-0.05, 0) is 148 Å². The van der Waals surface area contributed by atoms with Gasteiger partial charge in [-0.2, -0.15) is 0 Å². The smallest absolute Gasteiger partial charge is 0.306 e. The lowest BCUT2D eigenvalue weighted by atomic mass is 10.1. The number of ether oxygens (including phenoxy) is 3. The lowest BCUT2D eigenvalue weighted by Crippen LogP contribution is -2.30. The summed E-state index contributed by atoms with van der Waals surface area (Å²) in [5.74, 6) is -0.951. The van der Waals surface area contributed by atoms with Gasteiger partial charge in [-0.3, -0.25) is 14.4 Å². The van der Waals surface area contributed by atoms with Crippen molar-refractivity contribution in [3.63, 3.8) is 0 Å². The topological polar surface area (TPSA) is 78.9 Å². The minimum absolute atomic E-state index is 0.100. The molecule has 0 radical (unpaired) electrons. The molecule has 0 aromatic heterocycles. The number of hydrogen-bond donors (Lipinski definition) is 0. The maximum Gasteiger partial charge on any atom is 0.306 e. The summed E-state index contributed by atoms with van der Waals surface area (Å²) in [6.45, 7) is 6.44. The first-order valence-corrected chi connectivity index (χ1v) is 32.3. The monoisotopic (exact) mass is 1090 g/mol. The molecule has 1 atom stereocenters. The van der Waals surface area contributed by atoms with E-state index in [0.29, 0.717) is 19.3 Å². The predicted octanol–water partition coefficient (Wildman–Crippen LogP) is 22.3. The van der Waals surface area contributed by atoms with Crippen molar-refractivity contribution in [2.45, 2.75) is 284 Å². The standard InChI is InChI=1S/C73H118O6/c1-4-7-10-13-16-19-22-25-27-29-30-31-32-33-34-35-36-37-38-39-40-41-42-44-45-48-51-54-57-60-63-66-72(75)78-69-70(68-77-71(74)65-62-59-56-53-50-47-24-21-18-15-12-9-6-3)79-73(76)67-64-61-58-55-52-49-46-43-28-26-23-20-17-14-11-8-5-2/h7,10,16-17,19-21,24-28,30-31,33-34,36-37,39-40,42,44,48,51,70H,4-6,8-9,11-15,18,22-23,29,32,35,38,41,43,45-47,49-50,52-69H2,1-3H3/b10-7-,19-16-,20-17-,24-21-,27-25-,28-26-,31-30-,34-33-,37-36-,40-39-,44-42-,51-48-. The zero-order chi connectivity index (χ0) is 57.1. The largest absolute Gasteiger partial charge is 0.462 e. The van der Waals surface area contributed by atoms with Gasteiger partial charge in [0.15, 0.2) is 6.10 Å². The van der Waals surface area contributed by atoms with Crippen LogP contribution in [0.3, 0.4) is 0 Å². The molecular weight excluding hydrogens is 973 g/mol. The highest BCUT2D eigenvalue weighted by Gasteiger charge is 2.19. The first kappa shape index (κ1) is 74.3. The third kappa shape index (κ3) is 64.0. The number of esters is 3. The van der Waals surface area contributed by atoms with Gasteiger partial charge in [0.25, 0.3) is 0 Å². The molecule has 0 N–H and O–H groups in total. The third-order valence-electron chi connectivity index (χ3n) is 13.3. The predicted molar refractivity (Wildman–Crippen MR) is 343 cm³/mol. The van der Waals surface area contributed by atoms with Crippen molar-refractivity contribution in [1.29, 1.82) is 0 Å². The van der Waals surface area contributed by atoms with Gasteiger partial charge in [-0.1, -0.05) is 256 Å². The molecule has 0 aliphatic heterocycles. The van der Waals surface area contributed by atoms with Crippen molar-refractivity contribution >= 4 is 17.9 Å².